The molecule has 3 rings (SSSR count). The Balaban J connectivity index is 2.00. The molecule has 2 N–H and O–H groups in total. The van der Waals surface area contributed by atoms with Gasteiger partial charge in [0, 0.05) is 23.0 Å². The van der Waals surface area contributed by atoms with Gasteiger partial charge in [-0.2, -0.15) is 0 Å². The molecule has 0 amide bonds. The summed E-state index contributed by atoms with van der Waals surface area (Å²) < 4.78 is 0. The predicted molar refractivity (Wildman–Crippen MR) is 92.5 cm³/mol. The highest BCUT2D eigenvalue weighted by atomic mass is 16.4. The number of carboxylic acids is 1. The van der Waals surface area contributed by atoms with Crippen LogP contribution in [0, 0.1) is 0 Å². The van der Waals surface area contributed by atoms with E-state index in [1.54, 1.807) is 30.5 Å². The lowest BCUT2D eigenvalue weighted by atomic mass is 9.99. The monoisotopic (exact) mass is 306 g/mol. The molecule has 0 unspecified atom stereocenters. The number of nitrogens with one attached hydrogen (secondary N) is 1. The third-order valence-electron chi connectivity index (χ3n) is 3.84. The summed E-state index contributed by atoms with van der Waals surface area (Å²) in [6.07, 6.45) is 1.79. The molecule has 0 saturated carbocycles. The minimum Gasteiger partial charge on any atom is -0.478 e. The fraction of sp³-hybridized carbons (Fsp3) is 0.158. The molecular formula is C19H18N2O2. The van der Waals surface area contributed by atoms with E-state index in [2.05, 4.69) is 30.2 Å². The number of carboxylic acid groups (broad SMARTS) is 1. The lowest BCUT2D eigenvalue weighted by Gasteiger charge is -2.13. The minimum absolute atomic E-state index is 0.275. The van der Waals surface area contributed by atoms with Gasteiger partial charge in [0.15, 0.2) is 0 Å². The average molecular weight is 306 g/mol. The second-order valence-corrected chi connectivity index (χ2v) is 5.76. The van der Waals surface area contributed by atoms with Gasteiger partial charge in [-0.3, -0.25) is 4.98 Å². The topological polar surface area (TPSA) is 62.2 Å². The van der Waals surface area contributed by atoms with E-state index >= 15 is 0 Å². The zero-order valence-electron chi connectivity index (χ0n) is 13.1. The van der Waals surface area contributed by atoms with Crippen LogP contribution in [0.15, 0.2) is 54.7 Å². The molecule has 0 radical (unpaired) electrons. The van der Waals surface area contributed by atoms with Crippen molar-refractivity contribution in [2.24, 2.45) is 0 Å². The molecule has 1 heterocycles. The Morgan fingerprint density at radius 3 is 2.48 bits per heavy atom. The van der Waals surface area contributed by atoms with E-state index in [4.69, 9.17) is 5.11 Å². The first kappa shape index (κ1) is 15.0. The molecule has 0 atom stereocenters. The maximum absolute atomic E-state index is 10.9. The van der Waals surface area contributed by atoms with Crippen LogP contribution in [-0.4, -0.2) is 16.1 Å². The second kappa shape index (κ2) is 6.08. The maximum atomic E-state index is 10.9. The van der Waals surface area contributed by atoms with Gasteiger partial charge < -0.3 is 10.4 Å². The number of pyridine rings is 1. The van der Waals surface area contributed by atoms with Gasteiger partial charge in [0.25, 0.3) is 0 Å². The van der Waals surface area contributed by atoms with E-state index in [9.17, 15) is 4.79 Å². The van der Waals surface area contributed by atoms with Crippen LogP contribution in [0.2, 0.25) is 0 Å². The molecule has 0 spiro atoms. The molecule has 0 bridgehead atoms. The summed E-state index contributed by atoms with van der Waals surface area (Å²) in [5, 5.41) is 13.4. The number of hydrogen-bond acceptors (Lipinski definition) is 3. The summed E-state index contributed by atoms with van der Waals surface area (Å²) in [7, 11) is 0. The number of para-hydroxylation sites is 1. The Hall–Kier alpha value is -2.88. The van der Waals surface area contributed by atoms with E-state index < -0.39 is 5.97 Å². The summed E-state index contributed by atoms with van der Waals surface area (Å²) in [6.45, 7) is 4.31. The molecule has 4 heteroatoms. The molecule has 0 aliphatic heterocycles. The largest absolute Gasteiger partial charge is 0.478 e. The molecule has 0 aliphatic carbocycles. The van der Waals surface area contributed by atoms with Gasteiger partial charge >= 0.3 is 5.97 Å². The quantitative estimate of drug-likeness (QED) is 0.726. The average Bonchev–Trinajstić information content (AvgIpc) is 2.55. The Morgan fingerprint density at radius 1 is 1.09 bits per heavy atom. The Bertz CT molecular complexity index is 855. The lowest BCUT2D eigenvalue weighted by Crippen LogP contribution is -1.98. The first-order valence-electron chi connectivity index (χ1n) is 7.54. The van der Waals surface area contributed by atoms with Crippen molar-refractivity contribution in [3.8, 4) is 0 Å². The normalized spacial score (nSPS) is 10.9. The highest BCUT2D eigenvalue weighted by Gasteiger charge is 2.09. The highest BCUT2D eigenvalue weighted by molar-refractivity contribution is 5.95. The van der Waals surface area contributed by atoms with E-state index in [1.165, 1.54) is 5.56 Å². The van der Waals surface area contributed by atoms with Crippen LogP contribution in [0.5, 0.6) is 0 Å². The molecule has 1 aromatic heterocycles. The van der Waals surface area contributed by atoms with Gasteiger partial charge in [0.1, 0.15) is 0 Å². The van der Waals surface area contributed by atoms with Gasteiger partial charge in [0.2, 0.25) is 0 Å². The fourth-order valence-electron chi connectivity index (χ4n) is 2.63. The third-order valence-corrected chi connectivity index (χ3v) is 3.84. The zero-order chi connectivity index (χ0) is 16.4. The number of benzene rings is 2. The van der Waals surface area contributed by atoms with Crippen molar-refractivity contribution in [2.45, 2.75) is 19.8 Å². The second-order valence-electron chi connectivity index (χ2n) is 5.76. The summed E-state index contributed by atoms with van der Waals surface area (Å²) in [6, 6.07) is 14.8. The van der Waals surface area contributed by atoms with Gasteiger partial charge in [-0.05, 0) is 41.8 Å². The van der Waals surface area contributed by atoms with Crippen molar-refractivity contribution in [2.75, 3.05) is 5.32 Å². The highest BCUT2D eigenvalue weighted by Crippen LogP contribution is 2.30. The molecule has 0 aliphatic rings. The van der Waals surface area contributed by atoms with Gasteiger partial charge in [-0.25, -0.2) is 4.79 Å². The number of hydrogen-bond donors (Lipinski definition) is 2. The van der Waals surface area contributed by atoms with Crippen LogP contribution in [-0.2, 0) is 0 Å². The summed E-state index contributed by atoms with van der Waals surface area (Å²) >= 11 is 0. The van der Waals surface area contributed by atoms with Crippen molar-refractivity contribution >= 4 is 28.2 Å². The van der Waals surface area contributed by atoms with Crippen molar-refractivity contribution in [1.29, 1.82) is 0 Å². The van der Waals surface area contributed by atoms with Crippen LogP contribution in [0.3, 0.4) is 0 Å². The number of nitrogens with zero attached hydrogens (tertiary/aromatic N) is 1. The molecule has 4 nitrogen and oxygen atoms in total. The molecular weight excluding hydrogens is 288 g/mol. The maximum Gasteiger partial charge on any atom is 0.335 e. The molecule has 3 aromatic rings. The standard InChI is InChI=1S/C19H18N2O2/c1-12(2)15-4-3-5-16-17(10-11-20-18(15)16)21-14-8-6-13(7-9-14)19(22)23/h3-12H,1-2H3,(H,20,21)(H,22,23). The zero-order valence-corrected chi connectivity index (χ0v) is 13.1. The Morgan fingerprint density at radius 2 is 1.83 bits per heavy atom. The van der Waals surface area contributed by atoms with E-state index in [0.717, 1.165) is 22.3 Å². The van der Waals surface area contributed by atoms with E-state index in [0.29, 0.717) is 5.92 Å². The van der Waals surface area contributed by atoms with Crippen LogP contribution < -0.4 is 5.32 Å². The molecule has 0 saturated heterocycles. The van der Waals surface area contributed by atoms with Crippen LogP contribution in [0.1, 0.15) is 35.7 Å². The van der Waals surface area contributed by atoms with Crippen molar-refractivity contribution in [1.82, 2.24) is 4.98 Å². The van der Waals surface area contributed by atoms with E-state index in [-0.39, 0.29) is 5.56 Å². The van der Waals surface area contributed by atoms with Gasteiger partial charge in [-0.15, -0.1) is 0 Å². The molecule has 2 aromatic carbocycles. The third kappa shape index (κ3) is 3.01. The molecule has 116 valence electrons. The van der Waals surface area contributed by atoms with Gasteiger partial charge in [-0.1, -0.05) is 32.0 Å². The smallest absolute Gasteiger partial charge is 0.335 e. The van der Waals surface area contributed by atoms with Gasteiger partial charge in [0.05, 0.1) is 11.1 Å². The minimum atomic E-state index is -0.924. The molecule has 23 heavy (non-hydrogen) atoms. The first-order valence-corrected chi connectivity index (χ1v) is 7.54. The first-order chi connectivity index (χ1) is 11.1. The number of rotatable bonds is 4. The summed E-state index contributed by atoms with van der Waals surface area (Å²) in [5.74, 6) is -0.524. The summed E-state index contributed by atoms with van der Waals surface area (Å²) in [4.78, 5) is 15.4. The van der Waals surface area contributed by atoms with Crippen LogP contribution in [0.25, 0.3) is 10.9 Å². The fourth-order valence-corrected chi connectivity index (χ4v) is 2.63. The predicted octanol–water partition coefficient (Wildman–Crippen LogP) is 4.80. The van der Waals surface area contributed by atoms with Crippen LogP contribution in [0.4, 0.5) is 11.4 Å². The number of anilines is 2. The number of aromatic nitrogens is 1. The lowest BCUT2D eigenvalue weighted by molar-refractivity contribution is 0.0697. The molecule has 0 fully saturated rings. The Labute approximate surface area is 134 Å². The van der Waals surface area contributed by atoms with Crippen LogP contribution >= 0.6 is 0 Å². The number of fused-ring (bicyclic) bond motifs is 1. The number of aromatic carboxylic acids is 1. The summed E-state index contributed by atoms with van der Waals surface area (Å²) in [5.41, 5.74) is 4.29. The van der Waals surface area contributed by atoms with Crippen molar-refractivity contribution in [3.05, 3.63) is 65.9 Å². The Kier molecular flexibility index (Phi) is 3.98. The SMILES string of the molecule is CC(C)c1cccc2c(Nc3ccc(C(=O)O)cc3)ccnc12. The number of carbonyl (C=O) groups is 1. The van der Waals surface area contributed by atoms with Crippen molar-refractivity contribution < 1.29 is 9.90 Å². The van der Waals surface area contributed by atoms with Crippen molar-refractivity contribution in [3.63, 3.8) is 0 Å². The van der Waals surface area contributed by atoms with E-state index in [1.807, 2.05) is 18.2 Å².